The number of piperazine rings is 1. The number of rotatable bonds is 4. The summed E-state index contributed by atoms with van der Waals surface area (Å²) in [5, 5.41) is 8.44. The van der Waals surface area contributed by atoms with Crippen LogP contribution in [0.25, 0.3) is 0 Å². The molecule has 0 aliphatic carbocycles. The monoisotopic (exact) mass is 224 g/mol. The molecule has 16 heavy (non-hydrogen) atoms. The standard InChI is InChI=1S/C11H20N4O/c1-13-6-8-15(9-7-13)10-11(16)14(2)5-3-4-12/h3,5-10H2,1-2H3. The van der Waals surface area contributed by atoms with Gasteiger partial charge in [-0.25, -0.2) is 0 Å². The van der Waals surface area contributed by atoms with Gasteiger partial charge in [0.25, 0.3) is 0 Å². The Morgan fingerprint density at radius 2 is 2.00 bits per heavy atom. The first-order valence-electron chi connectivity index (χ1n) is 5.65. The molecular formula is C11H20N4O. The normalized spacial score (nSPS) is 18.1. The lowest BCUT2D eigenvalue weighted by Crippen LogP contribution is -2.48. The number of amides is 1. The maximum absolute atomic E-state index is 11.8. The van der Waals surface area contributed by atoms with Crippen molar-refractivity contribution >= 4 is 5.91 Å². The molecule has 1 fully saturated rings. The smallest absolute Gasteiger partial charge is 0.236 e. The van der Waals surface area contributed by atoms with Gasteiger partial charge in [-0.15, -0.1) is 0 Å². The first-order chi connectivity index (χ1) is 7.63. The minimum Gasteiger partial charge on any atom is -0.344 e. The highest BCUT2D eigenvalue weighted by atomic mass is 16.2. The van der Waals surface area contributed by atoms with E-state index in [4.69, 9.17) is 5.26 Å². The Bertz CT molecular complexity index is 266. The predicted molar refractivity (Wildman–Crippen MR) is 61.8 cm³/mol. The van der Waals surface area contributed by atoms with Gasteiger partial charge in [-0.05, 0) is 7.05 Å². The van der Waals surface area contributed by atoms with Crippen molar-refractivity contribution in [3.8, 4) is 6.07 Å². The Labute approximate surface area is 97.2 Å². The van der Waals surface area contributed by atoms with Crippen LogP contribution in [-0.2, 0) is 4.79 Å². The van der Waals surface area contributed by atoms with E-state index in [0.29, 0.717) is 19.5 Å². The van der Waals surface area contributed by atoms with E-state index >= 15 is 0 Å². The predicted octanol–water partition coefficient (Wildman–Crippen LogP) is -0.394. The van der Waals surface area contributed by atoms with Gasteiger partial charge in [-0.2, -0.15) is 5.26 Å². The molecule has 0 unspecified atom stereocenters. The molecule has 1 rings (SSSR count). The van der Waals surface area contributed by atoms with Gasteiger partial charge in [-0.3, -0.25) is 9.69 Å². The summed E-state index contributed by atoms with van der Waals surface area (Å²) in [6.07, 6.45) is 0.408. The van der Waals surface area contributed by atoms with Gasteiger partial charge in [0.1, 0.15) is 0 Å². The summed E-state index contributed by atoms with van der Waals surface area (Å²) < 4.78 is 0. The largest absolute Gasteiger partial charge is 0.344 e. The summed E-state index contributed by atoms with van der Waals surface area (Å²) in [5.41, 5.74) is 0. The summed E-state index contributed by atoms with van der Waals surface area (Å²) >= 11 is 0. The van der Waals surface area contributed by atoms with Crippen LogP contribution in [0.1, 0.15) is 6.42 Å². The Morgan fingerprint density at radius 1 is 1.38 bits per heavy atom. The number of hydrogen-bond donors (Lipinski definition) is 0. The fourth-order valence-corrected chi connectivity index (χ4v) is 1.66. The maximum atomic E-state index is 11.8. The topological polar surface area (TPSA) is 50.6 Å². The van der Waals surface area contributed by atoms with Gasteiger partial charge in [0, 0.05) is 39.8 Å². The highest BCUT2D eigenvalue weighted by Gasteiger charge is 2.18. The quantitative estimate of drug-likeness (QED) is 0.652. The van der Waals surface area contributed by atoms with E-state index in [2.05, 4.69) is 16.8 Å². The van der Waals surface area contributed by atoms with E-state index in [1.807, 2.05) is 6.07 Å². The van der Waals surface area contributed by atoms with Crippen molar-refractivity contribution in [3.05, 3.63) is 0 Å². The van der Waals surface area contributed by atoms with E-state index < -0.39 is 0 Å². The van der Waals surface area contributed by atoms with E-state index in [0.717, 1.165) is 26.2 Å². The molecule has 5 nitrogen and oxygen atoms in total. The molecule has 5 heteroatoms. The van der Waals surface area contributed by atoms with Crippen molar-refractivity contribution in [1.29, 1.82) is 5.26 Å². The third-order valence-corrected chi connectivity index (χ3v) is 2.94. The maximum Gasteiger partial charge on any atom is 0.236 e. The average molecular weight is 224 g/mol. The molecule has 0 saturated carbocycles. The second-order valence-electron chi connectivity index (χ2n) is 4.30. The summed E-state index contributed by atoms with van der Waals surface area (Å²) in [4.78, 5) is 17.8. The molecule has 0 radical (unpaired) electrons. The molecular weight excluding hydrogens is 204 g/mol. The fourth-order valence-electron chi connectivity index (χ4n) is 1.66. The van der Waals surface area contributed by atoms with Gasteiger partial charge < -0.3 is 9.80 Å². The van der Waals surface area contributed by atoms with E-state index in [-0.39, 0.29) is 5.91 Å². The number of carbonyl (C=O) groups excluding carboxylic acids is 1. The van der Waals surface area contributed by atoms with Crippen molar-refractivity contribution in [1.82, 2.24) is 14.7 Å². The van der Waals surface area contributed by atoms with Crippen molar-refractivity contribution < 1.29 is 4.79 Å². The van der Waals surface area contributed by atoms with Crippen LogP contribution in [0.3, 0.4) is 0 Å². The Morgan fingerprint density at radius 3 is 2.56 bits per heavy atom. The van der Waals surface area contributed by atoms with Crippen LogP contribution in [0.2, 0.25) is 0 Å². The molecule has 1 amide bonds. The zero-order chi connectivity index (χ0) is 12.0. The second kappa shape index (κ2) is 6.46. The SMILES string of the molecule is CN1CCN(CC(=O)N(C)CCC#N)CC1. The Kier molecular flexibility index (Phi) is 5.23. The molecule has 1 saturated heterocycles. The van der Waals surface area contributed by atoms with Crippen molar-refractivity contribution in [2.24, 2.45) is 0 Å². The van der Waals surface area contributed by atoms with Crippen LogP contribution in [0.5, 0.6) is 0 Å². The molecule has 0 aromatic carbocycles. The average Bonchev–Trinajstić information content (AvgIpc) is 2.29. The summed E-state index contributed by atoms with van der Waals surface area (Å²) in [5.74, 6) is 0.111. The van der Waals surface area contributed by atoms with Crippen LogP contribution in [0, 0.1) is 11.3 Å². The molecule has 0 aromatic rings. The minimum atomic E-state index is 0.111. The van der Waals surface area contributed by atoms with Crippen LogP contribution in [0.4, 0.5) is 0 Å². The molecule has 0 spiro atoms. The van der Waals surface area contributed by atoms with Gasteiger partial charge in [0.15, 0.2) is 0 Å². The van der Waals surface area contributed by atoms with Crippen LogP contribution in [0.15, 0.2) is 0 Å². The summed E-state index contributed by atoms with van der Waals surface area (Å²) in [7, 11) is 3.86. The van der Waals surface area contributed by atoms with E-state index in [1.165, 1.54) is 0 Å². The van der Waals surface area contributed by atoms with Gasteiger partial charge in [-0.1, -0.05) is 0 Å². The molecule has 1 aliphatic rings. The van der Waals surface area contributed by atoms with E-state index in [9.17, 15) is 4.79 Å². The van der Waals surface area contributed by atoms with Gasteiger partial charge in [0.05, 0.1) is 19.0 Å². The third-order valence-electron chi connectivity index (χ3n) is 2.94. The number of carbonyl (C=O) groups is 1. The summed E-state index contributed by atoms with van der Waals surface area (Å²) in [6.45, 7) is 4.96. The first kappa shape index (κ1) is 12.9. The van der Waals surface area contributed by atoms with Crippen LogP contribution >= 0.6 is 0 Å². The Balaban J connectivity index is 2.26. The Hall–Kier alpha value is -1.12. The molecule has 0 N–H and O–H groups in total. The molecule has 0 bridgehead atoms. The van der Waals surface area contributed by atoms with Crippen molar-refractivity contribution in [3.63, 3.8) is 0 Å². The van der Waals surface area contributed by atoms with E-state index in [1.54, 1.807) is 11.9 Å². The number of likely N-dealkylation sites (N-methyl/N-ethyl adjacent to an activating group) is 2. The van der Waals surface area contributed by atoms with Gasteiger partial charge in [0.2, 0.25) is 5.91 Å². The number of hydrogen-bond acceptors (Lipinski definition) is 4. The molecule has 90 valence electrons. The van der Waals surface area contributed by atoms with Crippen LogP contribution in [-0.4, -0.2) is 74.0 Å². The second-order valence-corrected chi connectivity index (χ2v) is 4.30. The third kappa shape index (κ3) is 4.17. The van der Waals surface area contributed by atoms with Crippen LogP contribution < -0.4 is 0 Å². The minimum absolute atomic E-state index is 0.111. The first-order valence-corrected chi connectivity index (χ1v) is 5.65. The zero-order valence-electron chi connectivity index (χ0n) is 10.1. The number of nitriles is 1. The summed E-state index contributed by atoms with van der Waals surface area (Å²) in [6, 6.07) is 2.05. The zero-order valence-corrected chi connectivity index (χ0v) is 10.1. The van der Waals surface area contributed by atoms with Crippen molar-refractivity contribution in [2.45, 2.75) is 6.42 Å². The van der Waals surface area contributed by atoms with Gasteiger partial charge >= 0.3 is 0 Å². The molecule has 1 heterocycles. The lowest BCUT2D eigenvalue weighted by Gasteiger charge is -2.32. The molecule has 0 atom stereocenters. The molecule has 1 aliphatic heterocycles. The lowest BCUT2D eigenvalue weighted by molar-refractivity contribution is -0.131. The molecule has 0 aromatic heterocycles. The fraction of sp³-hybridized carbons (Fsp3) is 0.818. The highest BCUT2D eigenvalue weighted by molar-refractivity contribution is 5.78. The van der Waals surface area contributed by atoms with Crippen molar-refractivity contribution in [2.75, 3.05) is 53.4 Å². The lowest BCUT2D eigenvalue weighted by atomic mass is 10.3. The number of nitrogens with zero attached hydrogens (tertiary/aromatic N) is 4. The highest BCUT2D eigenvalue weighted by Crippen LogP contribution is 2.00.